The summed E-state index contributed by atoms with van der Waals surface area (Å²) in [7, 11) is 3.21. The average molecular weight is 1080 g/mol. The molecule has 1 aliphatic carbocycles. The van der Waals surface area contributed by atoms with Gasteiger partial charge in [0.1, 0.15) is 22.5 Å². The smallest absolute Gasteiger partial charge is 0.251 e. The molecule has 0 spiro atoms. The van der Waals surface area contributed by atoms with Crippen LogP contribution in [0.15, 0.2) is 186 Å². The highest BCUT2D eigenvalue weighted by Crippen LogP contribution is 2.38. The molecule has 14 nitrogen and oxygen atoms in total. The largest absolute Gasteiger partial charge is 0.495 e. The van der Waals surface area contributed by atoms with Gasteiger partial charge in [-0.3, -0.25) is 9.59 Å². The van der Waals surface area contributed by atoms with E-state index in [1.807, 2.05) is 133 Å². The van der Waals surface area contributed by atoms with Gasteiger partial charge in [0, 0.05) is 90.8 Å². The number of nitrogens with two attached hydrogens (primary N) is 2. The van der Waals surface area contributed by atoms with Crippen molar-refractivity contribution in [3.8, 4) is 28.3 Å². The number of methoxy groups -OCH3 is 2. The molecule has 0 fully saturated rings. The molecule has 2 amide bonds. The van der Waals surface area contributed by atoms with Crippen LogP contribution in [0.4, 0.5) is 34.1 Å². The van der Waals surface area contributed by atoms with Gasteiger partial charge in [-0.2, -0.15) is 0 Å². The number of allylic oxidation sites excluding steroid dienone is 4. The van der Waals surface area contributed by atoms with Gasteiger partial charge in [-0.15, -0.1) is 4.57 Å². The Morgan fingerprint density at radius 1 is 0.580 bits per heavy atom. The lowest BCUT2D eigenvalue weighted by molar-refractivity contribution is -0.538. The van der Waals surface area contributed by atoms with Crippen LogP contribution in [0.3, 0.4) is 0 Å². The number of aryl methyl sites for hydroxylation is 1. The van der Waals surface area contributed by atoms with E-state index in [2.05, 4.69) is 75.8 Å². The number of benzene rings is 7. The van der Waals surface area contributed by atoms with Gasteiger partial charge in [0.25, 0.3) is 11.8 Å². The molecule has 414 valence electrons. The number of carbonyl (C=O) groups excluding carboxylic acids is 2. The van der Waals surface area contributed by atoms with Crippen molar-refractivity contribution in [2.24, 2.45) is 4.99 Å². The van der Waals surface area contributed by atoms with Gasteiger partial charge in [0.05, 0.1) is 42.7 Å². The summed E-state index contributed by atoms with van der Waals surface area (Å²) in [6, 6.07) is 47.1. The summed E-state index contributed by atoms with van der Waals surface area (Å²) in [6.45, 7) is 11.4. The lowest BCUT2D eigenvalue weighted by Gasteiger charge is -2.19. The minimum absolute atomic E-state index is 0.0855. The highest BCUT2D eigenvalue weighted by atomic mass is 16.5. The van der Waals surface area contributed by atoms with E-state index in [9.17, 15) is 9.59 Å². The van der Waals surface area contributed by atoms with Crippen molar-refractivity contribution in [3.05, 3.63) is 198 Å². The molecule has 0 saturated carbocycles. The first-order valence-corrected chi connectivity index (χ1v) is 27.9. The number of para-hydroxylation sites is 2. The molecule has 1 aromatic heterocycles. The number of ether oxygens (including phenoxy) is 2. The summed E-state index contributed by atoms with van der Waals surface area (Å²) in [5, 5.41) is 16.8. The number of unbranched alkanes of at least 4 members (excludes halogenated alkanes) is 6. The van der Waals surface area contributed by atoms with Crippen LogP contribution in [0.5, 0.6) is 11.5 Å². The van der Waals surface area contributed by atoms with Crippen molar-refractivity contribution >= 4 is 73.7 Å². The SMILES string of the molecule is C=C1C=C(NCCCCCCNC(=O)c2ccc(-c3ccc(C(=O)NCCCCCCNc4cc5c(cc4C)nc4cc(OC)c(N)cc4[n+]5-c4ccccc4)cc3)cc2)C(C)=C/C1=N/c1cc(OC)c(N)cc1Nc1ccccc1. The lowest BCUT2D eigenvalue weighted by atomic mass is 9.99. The number of anilines is 5. The van der Waals surface area contributed by atoms with Crippen molar-refractivity contribution in [3.63, 3.8) is 0 Å². The molecule has 81 heavy (non-hydrogen) atoms. The molecule has 0 saturated heterocycles. The van der Waals surface area contributed by atoms with Gasteiger partial charge < -0.3 is 47.5 Å². The highest BCUT2D eigenvalue weighted by molar-refractivity contribution is 6.13. The molecule has 9 N–H and O–H groups in total. The fraction of sp³-hybridized carbons (Fsp3) is 0.239. The minimum Gasteiger partial charge on any atom is -0.495 e. The monoisotopic (exact) mass is 1080 g/mol. The molecule has 0 unspecified atom stereocenters. The van der Waals surface area contributed by atoms with E-state index in [1.54, 1.807) is 14.2 Å². The number of aromatic nitrogens is 2. The zero-order valence-corrected chi connectivity index (χ0v) is 46.8. The molecule has 14 heteroatoms. The zero-order valence-electron chi connectivity index (χ0n) is 46.8. The van der Waals surface area contributed by atoms with Crippen molar-refractivity contribution in [1.29, 1.82) is 0 Å². The van der Waals surface area contributed by atoms with E-state index in [0.717, 1.165) is 149 Å². The molecule has 0 aliphatic heterocycles. The Balaban J connectivity index is 0.648. The Morgan fingerprint density at radius 2 is 1.11 bits per heavy atom. The Hall–Kier alpha value is -9.43. The summed E-state index contributed by atoms with van der Waals surface area (Å²) in [6.07, 6.45) is 12.0. The predicted octanol–water partition coefficient (Wildman–Crippen LogP) is 13.0. The normalized spacial score (nSPS) is 12.7. The van der Waals surface area contributed by atoms with E-state index in [-0.39, 0.29) is 11.8 Å². The summed E-state index contributed by atoms with van der Waals surface area (Å²) in [5.74, 6) is 0.984. The Kier molecular flexibility index (Phi) is 18.7. The van der Waals surface area contributed by atoms with Gasteiger partial charge in [-0.1, -0.05) is 92.9 Å². The summed E-state index contributed by atoms with van der Waals surface area (Å²) >= 11 is 0. The van der Waals surface area contributed by atoms with Crippen LogP contribution < -0.4 is 52.1 Å². The van der Waals surface area contributed by atoms with E-state index >= 15 is 0 Å². The Labute approximate surface area is 475 Å². The number of carbonyl (C=O) groups is 2. The maximum absolute atomic E-state index is 13.0. The van der Waals surface area contributed by atoms with Gasteiger partial charge in [0.2, 0.25) is 16.7 Å². The first kappa shape index (κ1) is 56.3. The lowest BCUT2D eigenvalue weighted by Crippen LogP contribution is -2.33. The van der Waals surface area contributed by atoms with E-state index in [4.69, 9.17) is 30.9 Å². The third-order valence-corrected chi connectivity index (χ3v) is 14.5. The third-order valence-electron chi connectivity index (χ3n) is 14.5. The first-order valence-electron chi connectivity index (χ1n) is 27.9. The maximum Gasteiger partial charge on any atom is 0.251 e. The van der Waals surface area contributed by atoms with Crippen LogP contribution in [0.25, 0.3) is 38.9 Å². The van der Waals surface area contributed by atoms with Gasteiger partial charge >= 0.3 is 0 Å². The maximum atomic E-state index is 13.0. The molecule has 0 radical (unpaired) electrons. The van der Waals surface area contributed by atoms with Crippen LogP contribution in [-0.4, -0.2) is 62.9 Å². The topological polar surface area (TPSA) is 194 Å². The average Bonchev–Trinajstić information content (AvgIpc) is 3.61. The fourth-order valence-electron chi connectivity index (χ4n) is 9.96. The number of rotatable bonds is 25. The van der Waals surface area contributed by atoms with Crippen molar-refractivity contribution < 1.29 is 23.6 Å². The van der Waals surface area contributed by atoms with E-state index in [0.29, 0.717) is 52.8 Å². The van der Waals surface area contributed by atoms with Gasteiger partial charge in [-0.05, 0) is 128 Å². The van der Waals surface area contributed by atoms with Crippen molar-refractivity contribution in [2.75, 3.05) is 62.5 Å². The second-order valence-corrected chi connectivity index (χ2v) is 20.4. The van der Waals surface area contributed by atoms with Crippen LogP contribution >= 0.6 is 0 Å². The second-order valence-electron chi connectivity index (χ2n) is 20.4. The van der Waals surface area contributed by atoms with Crippen LogP contribution in [-0.2, 0) is 0 Å². The molecule has 8 aromatic rings. The van der Waals surface area contributed by atoms with Crippen molar-refractivity contribution in [2.45, 2.75) is 65.2 Å². The third kappa shape index (κ3) is 14.3. The van der Waals surface area contributed by atoms with Crippen molar-refractivity contribution in [1.82, 2.24) is 20.9 Å². The standard InChI is InChI=1S/C67H72N10O4/c1-44-37-57(75-59-42-64(80-4)53(68)39-58(59)74-51-20-12-10-13-21-51)46(3)36-55(44)70-32-16-6-8-18-34-72-66(78)49-28-24-47(25-29-49)48-26-30-50(31-27-48)67(79)73-35-19-9-7-17-33-71-56-41-63-60(38-45(56)2)76-61-43-65(81-5)54(69)40-62(61)77(63)52-22-14-11-15-23-52/h10-15,20-31,36-43,70,74H,3,6-9,16-19,32-35,68H2,1-2,4-5H3,(H4,69,71,72,73,78,79)/p+1/b75-57-. The van der Waals surface area contributed by atoms with Crippen LogP contribution in [0, 0.1) is 6.92 Å². The number of nitrogen functional groups attached to an aromatic ring is 2. The molecule has 1 aliphatic rings. The highest BCUT2D eigenvalue weighted by Gasteiger charge is 2.23. The summed E-state index contributed by atoms with van der Waals surface area (Å²) in [5.41, 5.74) is 29.7. The fourth-order valence-corrected chi connectivity index (χ4v) is 9.96. The summed E-state index contributed by atoms with van der Waals surface area (Å²) < 4.78 is 13.2. The molecule has 7 aromatic carbocycles. The minimum atomic E-state index is -0.0879. The van der Waals surface area contributed by atoms with E-state index < -0.39 is 0 Å². The zero-order chi connectivity index (χ0) is 56.7. The number of hydrogen-bond donors (Lipinski definition) is 7. The molecule has 1 heterocycles. The molecular formula is C67H73N10O4+. The van der Waals surface area contributed by atoms with Gasteiger partial charge in [-0.25, -0.2) is 9.98 Å². The number of hydrogen-bond acceptors (Lipinski definition) is 11. The second kappa shape index (κ2) is 27.0. The predicted molar refractivity (Wildman–Crippen MR) is 332 cm³/mol. The van der Waals surface area contributed by atoms with Crippen LogP contribution in [0.2, 0.25) is 0 Å². The van der Waals surface area contributed by atoms with Gasteiger partial charge in [0.15, 0.2) is 0 Å². The number of fused-ring (bicyclic) bond motifs is 2. The number of nitrogens with one attached hydrogen (secondary N) is 5. The number of nitrogens with zero attached hydrogens (tertiary/aromatic N) is 3. The van der Waals surface area contributed by atoms with E-state index in [1.165, 1.54) is 0 Å². The van der Waals surface area contributed by atoms with Crippen LogP contribution in [0.1, 0.15) is 84.6 Å². The summed E-state index contributed by atoms with van der Waals surface area (Å²) in [4.78, 5) is 36.0. The molecule has 0 bridgehead atoms. The number of amides is 2. The Bertz CT molecular complexity index is 3630. The first-order chi connectivity index (χ1) is 39.5. The molecule has 0 atom stereocenters. The molecule has 9 rings (SSSR count). The molecular weight excluding hydrogens is 1010 g/mol. The quantitative estimate of drug-likeness (QED) is 0.0125. The number of aliphatic imine (C=N–C) groups is 1. The Morgan fingerprint density at radius 3 is 1.72 bits per heavy atom.